The van der Waals surface area contributed by atoms with Crippen molar-refractivity contribution >= 4 is 35.1 Å². The topological polar surface area (TPSA) is 69.6 Å². The first kappa shape index (κ1) is 15.2. The summed E-state index contributed by atoms with van der Waals surface area (Å²) in [6, 6.07) is 3.11. The molecule has 110 valence electrons. The Morgan fingerprint density at radius 2 is 2.30 bits per heavy atom. The van der Waals surface area contributed by atoms with Gasteiger partial charge in [-0.2, -0.15) is 0 Å². The highest BCUT2D eigenvalue weighted by molar-refractivity contribution is 7.99. The summed E-state index contributed by atoms with van der Waals surface area (Å²) >= 11 is 3.19. The third-order valence-corrected chi connectivity index (χ3v) is 5.14. The van der Waals surface area contributed by atoms with Crippen molar-refractivity contribution in [3.05, 3.63) is 21.9 Å². The van der Waals surface area contributed by atoms with Crippen LogP contribution in [0.15, 0.2) is 12.1 Å². The maximum Gasteiger partial charge on any atom is 0.327 e. The third kappa shape index (κ3) is 3.67. The summed E-state index contributed by atoms with van der Waals surface area (Å²) in [5.74, 6) is -0.0406. The van der Waals surface area contributed by atoms with Crippen LogP contribution in [0.3, 0.4) is 0 Å². The number of hydrogen-bond donors (Lipinski definition) is 2. The van der Waals surface area contributed by atoms with Crippen molar-refractivity contribution < 1.29 is 14.7 Å². The van der Waals surface area contributed by atoms with Gasteiger partial charge in [-0.3, -0.25) is 0 Å². The van der Waals surface area contributed by atoms with Crippen molar-refractivity contribution in [1.29, 1.82) is 0 Å². The molecule has 1 aromatic rings. The van der Waals surface area contributed by atoms with E-state index >= 15 is 0 Å². The Balaban J connectivity index is 1.89. The molecule has 2 rings (SSSR count). The fraction of sp³-hybridized carbons (Fsp3) is 0.538. The Bertz CT molecular complexity index is 504. The Kier molecular flexibility index (Phi) is 4.93. The molecule has 0 aliphatic carbocycles. The second-order valence-corrected chi connectivity index (χ2v) is 7.26. The summed E-state index contributed by atoms with van der Waals surface area (Å²) in [6.07, 6.45) is 0.767. The predicted octanol–water partition coefficient (Wildman–Crippen LogP) is 2.16. The van der Waals surface area contributed by atoms with E-state index in [1.54, 1.807) is 11.3 Å². The van der Waals surface area contributed by atoms with Crippen LogP contribution in [0, 0.1) is 6.92 Å². The number of carboxylic acid groups (broad SMARTS) is 1. The van der Waals surface area contributed by atoms with Gasteiger partial charge < -0.3 is 15.3 Å². The van der Waals surface area contributed by atoms with Crippen molar-refractivity contribution in [2.45, 2.75) is 32.4 Å². The fourth-order valence-corrected chi connectivity index (χ4v) is 4.25. The molecule has 2 heterocycles. The molecule has 0 bridgehead atoms. The maximum absolute atomic E-state index is 12.1. The van der Waals surface area contributed by atoms with E-state index in [4.69, 9.17) is 5.11 Å². The van der Waals surface area contributed by atoms with Crippen LogP contribution in [0.2, 0.25) is 0 Å². The molecule has 1 fully saturated rings. The summed E-state index contributed by atoms with van der Waals surface area (Å²) < 4.78 is 0. The second-order valence-electron chi connectivity index (χ2n) is 4.89. The monoisotopic (exact) mass is 314 g/mol. The Morgan fingerprint density at radius 3 is 2.90 bits per heavy atom. The predicted molar refractivity (Wildman–Crippen MR) is 81.3 cm³/mol. The number of carboxylic acids is 1. The minimum absolute atomic E-state index is 0.0133. The van der Waals surface area contributed by atoms with E-state index < -0.39 is 12.0 Å². The number of nitrogens with zero attached hydrogens (tertiary/aromatic N) is 1. The molecule has 2 N–H and O–H groups in total. The zero-order valence-electron chi connectivity index (χ0n) is 11.5. The van der Waals surface area contributed by atoms with Gasteiger partial charge in [0.1, 0.15) is 6.04 Å². The highest BCUT2D eigenvalue weighted by Crippen LogP contribution is 2.21. The summed E-state index contributed by atoms with van der Waals surface area (Å²) in [4.78, 5) is 27.0. The van der Waals surface area contributed by atoms with Crippen LogP contribution in [-0.4, -0.2) is 45.7 Å². The van der Waals surface area contributed by atoms with Crippen LogP contribution in [0.4, 0.5) is 4.79 Å². The standard InChI is InChI=1S/C13H18N2O3S2/c1-8(5-10-4-3-9(2)20-10)14-13(18)15-7-19-6-11(15)12(16)17/h3-4,8,11H,5-7H2,1-2H3,(H,14,18)(H,16,17). The molecular formula is C13H18N2O3S2. The van der Waals surface area contributed by atoms with Crippen LogP contribution in [0.1, 0.15) is 16.7 Å². The molecule has 1 aromatic heterocycles. The molecule has 2 atom stereocenters. The molecular weight excluding hydrogens is 296 g/mol. The summed E-state index contributed by atoms with van der Waals surface area (Å²) in [6.45, 7) is 3.99. The SMILES string of the molecule is Cc1ccc(CC(C)NC(=O)N2CSCC2C(=O)O)s1. The number of nitrogens with one attached hydrogen (secondary N) is 1. The van der Waals surface area contributed by atoms with Crippen LogP contribution in [0.5, 0.6) is 0 Å². The lowest BCUT2D eigenvalue weighted by atomic mass is 10.2. The second kappa shape index (κ2) is 6.49. The number of hydrogen-bond acceptors (Lipinski definition) is 4. The molecule has 0 saturated carbocycles. The van der Waals surface area contributed by atoms with Crippen molar-refractivity contribution in [2.75, 3.05) is 11.6 Å². The smallest absolute Gasteiger partial charge is 0.327 e. The molecule has 0 aromatic carbocycles. The van der Waals surface area contributed by atoms with E-state index in [9.17, 15) is 9.59 Å². The average Bonchev–Trinajstić information content (AvgIpc) is 2.97. The van der Waals surface area contributed by atoms with Crippen LogP contribution >= 0.6 is 23.1 Å². The molecule has 0 spiro atoms. The normalized spacial score (nSPS) is 19.9. The molecule has 7 heteroatoms. The molecule has 2 amide bonds. The van der Waals surface area contributed by atoms with E-state index in [1.165, 1.54) is 26.4 Å². The van der Waals surface area contributed by atoms with Crippen LogP contribution in [-0.2, 0) is 11.2 Å². The number of thioether (sulfide) groups is 1. The van der Waals surface area contributed by atoms with E-state index in [0.29, 0.717) is 11.6 Å². The van der Waals surface area contributed by atoms with Gasteiger partial charge in [0.05, 0.1) is 5.88 Å². The number of thiophene rings is 1. The molecule has 0 radical (unpaired) electrons. The van der Waals surface area contributed by atoms with Crippen molar-refractivity contribution in [1.82, 2.24) is 10.2 Å². The number of aliphatic carboxylic acids is 1. The first-order valence-corrected chi connectivity index (χ1v) is 8.37. The van der Waals surface area contributed by atoms with Crippen LogP contribution < -0.4 is 5.32 Å². The summed E-state index contributed by atoms with van der Waals surface area (Å²) in [5, 5.41) is 12.0. The lowest BCUT2D eigenvalue weighted by molar-refractivity contribution is -0.140. The van der Waals surface area contributed by atoms with Gasteiger partial charge in [0.15, 0.2) is 0 Å². The van der Waals surface area contributed by atoms with Gasteiger partial charge in [-0.25, -0.2) is 9.59 Å². The van der Waals surface area contributed by atoms with Gasteiger partial charge in [0.25, 0.3) is 0 Å². The van der Waals surface area contributed by atoms with E-state index in [0.717, 1.165) is 6.42 Å². The summed E-state index contributed by atoms with van der Waals surface area (Å²) in [7, 11) is 0. The molecule has 1 saturated heterocycles. The number of carbonyl (C=O) groups is 2. The van der Waals surface area contributed by atoms with Crippen molar-refractivity contribution in [2.24, 2.45) is 0 Å². The van der Waals surface area contributed by atoms with E-state index in [-0.39, 0.29) is 12.1 Å². The first-order valence-electron chi connectivity index (χ1n) is 6.40. The molecule has 20 heavy (non-hydrogen) atoms. The van der Waals surface area contributed by atoms with Crippen molar-refractivity contribution in [3.63, 3.8) is 0 Å². The molecule has 1 aliphatic rings. The minimum Gasteiger partial charge on any atom is -0.480 e. The van der Waals surface area contributed by atoms with Gasteiger partial charge in [0.2, 0.25) is 0 Å². The number of urea groups is 1. The van der Waals surface area contributed by atoms with Crippen molar-refractivity contribution in [3.8, 4) is 0 Å². The number of carbonyl (C=O) groups excluding carboxylic acids is 1. The van der Waals surface area contributed by atoms with Gasteiger partial charge in [0, 0.05) is 28.0 Å². The average molecular weight is 314 g/mol. The number of rotatable bonds is 4. The zero-order chi connectivity index (χ0) is 14.7. The van der Waals surface area contributed by atoms with Crippen LogP contribution in [0.25, 0.3) is 0 Å². The number of aryl methyl sites for hydroxylation is 1. The van der Waals surface area contributed by atoms with E-state index in [1.807, 2.05) is 6.92 Å². The fourth-order valence-electron chi connectivity index (χ4n) is 2.09. The Labute approximate surface area is 126 Å². The van der Waals surface area contributed by atoms with Gasteiger partial charge in [-0.1, -0.05) is 0 Å². The Hall–Kier alpha value is -1.21. The molecule has 2 unspecified atom stereocenters. The van der Waals surface area contributed by atoms with Gasteiger partial charge in [-0.05, 0) is 26.0 Å². The van der Waals surface area contributed by atoms with E-state index in [2.05, 4.69) is 24.4 Å². The molecule has 5 nitrogen and oxygen atoms in total. The molecule has 1 aliphatic heterocycles. The largest absolute Gasteiger partial charge is 0.480 e. The number of amides is 2. The summed E-state index contributed by atoms with van der Waals surface area (Å²) in [5.41, 5.74) is 0. The first-order chi connectivity index (χ1) is 9.47. The lowest BCUT2D eigenvalue weighted by Gasteiger charge is -2.23. The maximum atomic E-state index is 12.1. The highest BCUT2D eigenvalue weighted by Gasteiger charge is 2.34. The minimum atomic E-state index is -0.938. The lowest BCUT2D eigenvalue weighted by Crippen LogP contribution is -2.49. The van der Waals surface area contributed by atoms with Gasteiger partial charge in [-0.15, -0.1) is 23.1 Å². The van der Waals surface area contributed by atoms with Gasteiger partial charge >= 0.3 is 12.0 Å². The Morgan fingerprint density at radius 1 is 1.55 bits per heavy atom. The third-order valence-electron chi connectivity index (χ3n) is 3.10. The highest BCUT2D eigenvalue weighted by atomic mass is 32.2. The quantitative estimate of drug-likeness (QED) is 0.893. The zero-order valence-corrected chi connectivity index (χ0v) is 13.1.